The summed E-state index contributed by atoms with van der Waals surface area (Å²) >= 11 is 0. The van der Waals surface area contributed by atoms with Crippen molar-refractivity contribution in [1.29, 1.82) is 0 Å². The van der Waals surface area contributed by atoms with Crippen molar-refractivity contribution >= 4 is 11.7 Å². The van der Waals surface area contributed by atoms with Gasteiger partial charge in [-0.1, -0.05) is 26.0 Å². The molecule has 0 aromatic heterocycles. The highest BCUT2D eigenvalue weighted by Crippen LogP contribution is 2.36. The first-order valence-electron chi connectivity index (χ1n) is 7.53. The van der Waals surface area contributed by atoms with E-state index in [2.05, 4.69) is 19.9 Å². The molecule has 20 heavy (non-hydrogen) atoms. The van der Waals surface area contributed by atoms with E-state index in [4.69, 9.17) is 0 Å². The standard InChI is InChI=1S/C17H21NO2/c1-11(2)12-5-6-13-14(9-12)16(19)10-15(13)17(20)18-7-3-4-8-18/h5-6,9,11,15H,3-4,7-8,10H2,1-2H3. The van der Waals surface area contributed by atoms with Crippen LogP contribution in [0.25, 0.3) is 0 Å². The fourth-order valence-electron chi connectivity index (χ4n) is 3.26. The lowest BCUT2D eigenvalue weighted by atomic mass is 9.95. The molecule has 1 aliphatic heterocycles. The van der Waals surface area contributed by atoms with E-state index in [1.807, 2.05) is 17.0 Å². The van der Waals surface area contributed by atoms with E-state index in [0.717, 1.165) is 37.1 Å². The number of amides is 1. The number of benzene rings is 1. The topological polar surface area (TPSA) is 37.4 Å². The molecule has 1 aromatic carbocycles. The summed E-state index contributed by atoms with van der Waals surface area (Å²) < 4.78 is 0. The summed E-state index contributed by atoms with van der Waals surface area (Å²) in [5, 5.41) is 0. The second-order valence-electron chi connectivity index (χ2n) is 6.21. The van der Waals surface area contributed by atoms with Crippen LogP contribution in [0.15, 0.2) is 18.2 Å². The van der Waals surface area contributed by atoms with Gasteiger partial charge in [-0.15, -0.1) is 0 Å². The van der Waals surface area contributed by atoms with Gasteiger partial charge in [0.25, 0.3) is 0 Å². The Kier molecular flexibility index (Phi) is 3.36. The second kappa shape index (κ2) is 5.04. The highest BCUT2D eigenvalue weighted by molar-refractivity contribution is 6.06. The van der Waals surface area contributed by atoms with E-state index in [1.165, 1.54) is 5.56 Å². The molecule has 106 valence electrons. The minimum Gasteiger partial charge on any atom is -0.342 e. The molecule has 0 N–H and O–H groups in total. The van der Waals surface area contributed by atoms with Gasteiger partial charge in [0.1, 0.15) is 0 Å². The predicted molar refractivity (Wildman–Crippen MR) is 78.0 cm³/mol. The fourth-order valence-corrected chi connectivity index (χ4v) is 3.26. The third kappa shape index (κ3) is 2.15. The van der Waals surface area contributed by atoms with Crippen LogP contribution < -0.4 is 0 Å². The normalized spacial score (nSPS) is 21.6. The average molecular weight is 271 g/mol. The largest absolute Gasteiger partial charge is 0.342 e. The SMILES string of the molecule is CC(C)c1ccc2c(c1)C(=O)CC2C(=O)N1CCCC1. The van der Waals surface area contributed by atoms with Crippen molar-refractivity contribution in [2.45, 2.75) is 44.9 Å². The molecule has 1 fully saturated rings. The van der Waals surface area contributed by atoms with Gasteiger partial charge in [0, 0.05) is 25.1 Å². The van der Waals surface area contributed by atoms with Crippen LogP contribution in [-0.4, -0.2) is 29.7 Å². The minimum absolute atomic E-state index is 0.125. The maximum atomic E-state index is 12.5. The molecule has 2 aliphatic rings. The molecule has 1 atom stereocenters. The summed E-state index contributed by atoms with van der Waals surface area (Å²) in [7, 11) is 0. The van der Waals surface area contributed by atoms with Gasteiger partial charge in [0.2, 0.25) is 5.91 Å². The van der Waals surface area contributed by atoms with Gasteiger partial charge in [0.15, 0.2) is 5.78 Å². The number of ketones is 1. The van der Waals surface area contributed by atoms with Crippen LogP contribution in [0, 0.1) is 0 Å². The van der Waals surface area contributed by atoms with Gasteiger partial charge in [0.05, 0.1) is 5.92 Å². The molecule has 1 heterocycles. The average Bonchev–Trinajstić information content (AvgIpc) is 3.06. The van der Waals surface area contributed by atoms with Crippen LogP contribution in [0.4, 0.5) is 0 Å². The Labute approximate surface area is 120 Å². The van der Waals surface area contributed by atoms with Crippen LogP contribution in [-0.2, 0) is 4.79 Å². The molecule has 1 aromatic rings. The monoisotopic (exact) mass is 271 g/mol. The van der Waals surface area contributed by atoms with Crippen LogP contribution in [0.1, 0.15) is 66.4 Å². The zero-order valence-electron chi connectivity index (χ0n) is 12.2. The Hall–Kier alpha value is -1.64. The summed E-state index contributed by atoms with van der Waals surface area (Å²) in [6, 6.07) is 6.04. The van der Waals surface area contributed by atoms with Crippen LogP contribution in [0.3, 0.4) is 0 Å². The molecule has 0 radical (unpaired) electrons. The first-order chi connectivity index (χ1) is 9.58. The molecule has 3 heteroatoms. The van der Waals surface area contributed by atoms with Crippen molar-refractivity contribution in [3.05, 3.63) is 34.9 Å². The molecule has 3 nitrogen and oxygen atoms in total. The highest BCUT2D eigenvalue weighted by atomic mass is 16.2. The number of fused-ring (bicyclic) bond motifs is 1. The van der Waals surface area contributed by atoms with Crippen molar-refractivity contribution in [3.63, 3.8) is 0 Å². The van der Waals surface area contributed by atoms with Crippen molar-refractivity contribution in [2.75, 3.05) is 13.1 Å². The Morgan fingerprint density at radius 3 is 2.60 bits per heavy atom. The van der Waals surface area contributed by atoms with E-state index in [1.54, 1.807) is 0 Å². The third-order valence-electron chi connectivity index (χ3n) is 4.53. The number of likely N-dealkylation sites (tertiary alicyclic amines) is 1. The summed E-state index contributed by atoms with van der Waals surface area (Å²) in [5.74, 6) is 0.435. The molecular formula is C17H21NO2. The van der Waals surface area contributed by atoms with Crippen LogP contribution in [0.5, 0.6) is 0 Å². The molecule has 3 rings (SSSR count). The molecule has 0 spiro atoms. The van der Waals surface area contributed by atoms with Crippen molar-refractivity contribution in [1.82, 2.24) is 4.90 Å². The van der Waals surface area contributed by atoms with Gasteiger partial charge in [-0.25, -0.2) is 0 Å². The molecule has 1 saturated heterocycles. The van der Waals surface area contributed by atoms with Gasteiger partial charge in [-0.3, -0.25) is 9.59 Å². The molecule has 1 amide bonds. The minimum atomic E-state index is -0.239. The Morgan fingerprint density at radius 2 is 1.95 bits per heavy atom. The summed E-state index contributed by atoms with van der Waals surface area (Å²) in [4.78, 5) is 26.7. The van der Waals surface area contributed by atoms with Crippen molar-refractivity contribution in [3.8, 4) is 0 Å². The zero-order chi connectivity index (χ0) is 14.3. The number of hydrogen-bond donors (Lipinski definition) is 0. The highest BCUT2D eigenvalue weighted by Gasteiger charge is 2.37. The Bertz CT molecular complexity index is 556. The first kappa shape index (κ1) is 13.3. The maximum absolute atomic E-state index is 12.5. The maximum Gasteiger partial charge on any atom is 0.230 e. The molecular weight excluding hydrogens is 250 g/mol. The van der Waals surface area contributed by atoms with Crippen LogP contribution >= 0.6 is 0 Å². The lowest BCUT2D eigenvalue weighted by Gasteiger charge is -2.20. The number of carbonyl (C=O) groups excluding carboxylic acids is 2. The van der Waals surface area contributed by atoms with Gasteiger partial charge >= 0.3 is 0 Å². The van der Waals surface area contributed by atoms with Gasteiger partial charge < -0.3 is 4.90 Å². The number of rotatable bonds is 2. The Balaban J connectivity index is 1.91. The van der Waals surface area contributed by atoms with E-state index >= 15 is 0 Å². The van der Waals surface area contributed by atoms with E-state index in [0.29, 0.717) is 12.3 Å². The fraction of sp³-hybridized carbons (Fsp3) is 0.529. The molecule has 1 aliphatic carbocycles. The van der Waals surface area contributed by atoms with E-state index in [-0.39, 0.29) is 17.6 Å². The lowest BCUT2D eigenvalue weighted by Crippen LogP contribution is -2.31. The van der Waals surface area contributed by atoms with Crippen molar-refractivity contribution < 1.29 is 9.59 Å². The number of Topliss-reactive ketones (excluding diaryl/α,β-unsaturated/α-hetero) is 1. The van der Waals surface area contributed by atoms with E-state index < -0.39 is 0 Å². The predicted octanol–water partition coefficient (Wildman–Crippen LogP) is 3.10. The quantitative estimate of drug-likeness (QED) is 0.829. The molecule has 0 saturated carbocycles. The third-order valence-corrected chi connectivity index (χ3v) is 4.53. The summed E-state index contributed by atoms with van der Waals surface area (Å²) in [6.07, 6.45) is 2.53. The lowest BCUT2D eigenvalue weighted by molar-refractivity contribution is -0.131. The second-order valence-corrected chi connectivity index (χ2v) is 6.21. The van der Waals surface area contributed by atoms with E-state index in [9.17, 15) is 9.59 Å². The zero-order valence-corrected chi connectivity index (χ0v) is 12.2. The summed E-state index contributed by atoms with van der Waals surface area (Å²) in [5.41, 5.74) is 2.89. The number of carbonyl (C=O) groups is 2. The van der Waals surface area contributed by atoms with Crippen LogP contribution in [0.2, 0.25) is 0 Å². The number of hydrogen-bond acceptors (Lipinski definition) is 2. The van der Waals surface area contributed by atoms with Gasteiger partial charge in [-0.05, 0) is 36.0 Å². The Morgan fingerprint density at radius 1 is 1.25 bits per heavy atom. The molecule has 0 bridgehead atoms. The van der Waals surface area contributed by atoms with Crippen molar-refractivity contribution in [2.24, 2.45) is 0 Å². The smallest absolute Gasteiger partial charge is 0.230 e. The number of nitrogens with zero attached hydrogens (tertiary/aromatic N) is 1. The first-order valence-corrected chi connectivity index (χ1v) is 7.53. The molecule has 1 unspecified atom stereocenters. The van der Waals surface area contributed by atoms with Gasteiger partial charge in [-0.2, -0.15) is 0 Å². The summed E-state index contributed by atoms with van der Waals surface area (Å²) in [6.45, 7) is 5.94.